The molecule has 0 aromatic carbocycles. The van der Waals surface area contributed by atoms with Crippen molar-refractivity contribution in [3.05, 3.63) is 57.2 Å². The van der Waals surface area contributed by atoms with Crippen molar-refractivity contribution in [1.82, 2.24) is 29.7 Å². The number of nitrogens with one attached hydrogen (secondary N) is 1. The Morgan fingerprint density at radius 3 is 2.73 bits per heavy atom. The molecular formula is C21H25N7OS. The van der Waals surface area contributed by atoms with Crippen molar-refractivity contribution in [2.24, 2.45) is 0 Å². The molecule has 0 unspecified atom stereocenters. The van der Waals surface area contributed by atoms with Gasteiger partial charge in [-0.1, -0.05) is 0 Å². The Kier molecular flexibility index (Phi) is 5.32. The second-order valence-corrected chi connectivity index (χ2v) is 9.03. The summed E-state index contributed by atoms with van der Waals surface area (Å²) in [6.45, 7) is 6.54. The lowest BCUT2D eigenvalue weighted by Gasteiger charge is -2.32. The minimum atomic E-state index is -0.0426. The van der Waals surface area contributed by atoms with Crippen LogP contribution in [-0.2, 0) is 19.5 Å². The number of pyridine rings is 1. The zero-order valence-corrected chi connectivity index (χ0v) is 17.9. The van der Waals surface area contributed by atoms with Gasteiger partial charge in [0.1, 0.15) is 5.82 Å². The molecule has 30 heavy (non-hydrogen) atoms. The molecule has 0 bridgehead atoms. The number of rotatable bonds is 4. The number of anilines is 1. The fourth-order valence-electron chi connectivity index (χ4n) is 4.00. The fourth-order valence-corrected chi connectivity index (χ4v) is 5.00. The second-order valence-electron chi connectivity index (χ2n) is 7.94. The lowest BCUT2D eigenvalue weighted by atomic mass is 10.1. The van der Waals surface area contributed by atoms with Gasteiger partial charge in [-0.2, -0.15) is 0 Å². The van der Waals surface area contributed by atoms with Gasteiger partial charge >= 0.3 is 0 Å². The van der Waals surface area contributed by atoms with Crippen LogP contribution in [0.15, 0.2) is 35.5 Å². The number of nitrogens with zero attached hydrogens (tertiary/aromatic N) is 6. The molecule has 0 aliphatic carbocycles. The van der Waals surface area contributed by atoms with Crippen LogP contribution < -0.4 is 10.5 Å². The van der Waals surface area contributed by atoms with Gasteiger partial charge in [0.05, 0.1) is 11.3 Å². The van der Waals surface area contributed by atoms with Crippen LogP contribution in [0.3, 0.4) is 0 Å². The Labute approximate surface area is 179 Å². The molecule has 0 spiro atoms. The summed E-state index contributed by atoms with van der Waals surface area (Å²) >= 11 is 1.77. The van der Waals surface area contributed by atoms with Crippen molar-refractivity contribution < 1.29 is 0 Å². The number of fused-ring (bicyclic) bond motifs is 1. The second kappa shape index (κ2) is 8.25. The number of piperazine rings is 1. The van der Waals surface area contributed by atoms with Gasteiger partial charge in [-0.3, -0.25) is 14.7 Å². The zero-order valence-electron chi connectivity index (χ0n) is 17.0. The van der Waals surface area contributed by atoms with E-state index in [-0.39, 0.29) is 5.56 Å². The quantitative estimate of drug-likeness (QED) is 0.683. The van der Waals surface area contributed by atoms with Crippen molar-refractivity contribution in [2.75, 3.05) is 44.7 Å². The lowest BCUT2D eigenvalue weighted by Crippen LogP contribution is -2.44. The SMILES string of the molecule is CN1CCN(c2ncc(CN3CCc4nc(-c5ccncc5)[nH]c(=O)c4C3)s2)CC1. The molecule has 1 fully saturated rings. The first-order valence-electron chi connectivity index (χ1n) is 10.3. The summed E-state index contributed by atoms with van der Waals surface area (Å²) in [5, 5.41) is 1.11. The molecule has 5 rings (SSSR count). The first-order valence-corrected chi connectivity index (χ1v) is 11.1. The molecule has 0 atom stereocenters. The third-order valence-electron chi connectivity index (χ3n) is 5.80. The number of thiazole rings is 1. The van der Waals surface area contributed by atoms with Crippen LogP contribution in [0.5, 0.6) is 0 Å². The standard InChI is InChI=1S/C21H25N7OS/c1-26-8-10-28(11-9-26)21-23-12-16(30-21)13-27-7-4-18-17(14-27)20(29)25-19(24-18)15-2-5-22-6-3-15/h2-3,5-6,12H,4,7-11,13-14H2,1H3,(H,24,25,29). The minimum Gasteiger partial charge on any atom is -0.346 e. The Hall–Kier alpha value is -2.62. The fraction of sp³-hybridized carbons (Fsp3) is 0.429. The monoisotopic (exact) mass is 423 g/mol. The number of hydrogen-bond acceptors (Lipinski definition) is 8. The Bertz CT molecular complexity index is 1070. The van der Waals surface area contributed by atoms with Crippen LogP contribution in [0.1, 0.15) is 16.1 Å². The molecule has 1 N–H and O–H groups in total. The summed E-state index contributed by atoms with van der Waals surface area (Å²) in [4.78, 5) is 37.4. The molecule has 0 saturated carbocycles. The van der Waals surface area contributed by atoms with Gasteiger partial charge < -0.3 is 14.8 Å². The van der Waals surface area contributed by atoms with E-state index in [4.69, 9.17) is 4.98 Å². The van der Waals surface area contributed by atoms with E-state index in [0.29, 0.717) is 12.4 Å². The normalized spacial score (nSPS) is 17.8. The van der Waals surface area contributed by atoms with Crippen LogP contribution in [0.2, 0.25) is 0 Å². The van der Waals surface area contributed by atoms with Gasteiger partial charge in [0.2, 0.25) is 0 Å². The number of likely N-dealkylation sites (N-methyl/N-ethyl adjacent to an activating group) is 1. The van der Waals surface area contributed by atoms with E-state index < -0.39 is 0 Å². The highest BCUT2D eigenvalue weighted by Crippen LogP contribution is 2.26. The van der Waals surface area contributed by atoms with Crippen molar-refractivity contribution in [2.45, 2.75) is 19.5 Å². The molecule has 3 aromatic heterocycles. The van der Waals surface area contributed by atoms with E-state index in [0.717, 1.165) is 67.6 Å². The number of aromatic amines is 1. The molecule has 8 nitrogen and oxygen atoms in total. The number of H-pyrrole nitrogens is 1. The van der Waals surface area contributed by atoms with Crippen LogP contribution in [0, 0.1) is 0 Å². The van der Waals surface area contributed by atoms with Crippen LogP contribution in [0.25, 0.3) is 11.4 Å². The number of hydrogen-bond donors (Lipinski definition) is 1. The van der Waals surface area contributed by atoms with Crippen molar-refractivity contribution in [3.63, 3.8) is 0 Å². The predicted octanol–water partition coefficient (Wildman–Crippen LogP) is 1.60. The van der Waals surface area contributed by atoms with Crippen LogP contribution in [0.4, 0.5) is 5.13 Å². The molecule has 0 radical (unpaired) electrons. The maximum Gasteiger partial charge on any atom is 0.255 e. The molecule has 156 valence electrons. The molecule has 9 heteroatoms. The molecule has 3 aromatic rings. The van der Waals surface area contributed by atoms with Crippen LogP contribution >= 0.6 is 11.3 Å². The van der Waals surface area contributed by atoms with E-state index in [1.54, 1.807) is 23.7 Å². The van der Waals surface area contributed by atoms with Gasteiger partial charge in [-0.05, 0) is 19.2 Å². The minimum absolute atomic E-state index is 0.0426. The molecular weight excluding hydrogens is 398 g/mol. The highest BCUT2D eigenvalue weighted by molar-refractivity contribution is 7.15. The molecule has 5 heterocycles. The lowest BCUT2D eigenvalue weighted by molar-refractivity contribution is 0.244. The summed E-state index contributed by atoms with van der Waals surface area (Å²) in [5.74, 6) is 0.619. The first-order chi connectivity index (χ1) is 14.7. The largest absolute Gasteiger partial charge is 0.346 e. The van der Waals surface area contributed by atoms with Crippen LogP contribution in [-0.4, -0.2) is 69.5 Å². The highest BCUT2D eigenvalue weighted by Gasteiger charge is 2.23. The average Bonchev–Trinajstić information content (AvgIpc) is 3.23. The first kappa shape index (κ1) is 19.3. The topological polar surface area (TPSA) is 81.2 Å². The van der Waals surface area contributed by atoms with E-state index in [2.05, 4.69) is 36.7 Å². The maximum atomic E-state index is 12.7. The Morgan fingerprint density at radius 1 is 1.13 bits per heavy atom. The summed E-state index contributed by atoms with van der Waals surface area (Å²) in [6.07, 6.45) is 6.19. The summed E-state index contributed by atoms with van der Waals surface area (Å²) in [5.41, 5.74) is 2.53. The Balaban J connectivity index is 1.28. The van der Waals surface area contributed by atoms with Gasteiger partial charge in [0.15, 0.2) is 5.13 Å². The van der Waals surface area contributed by atoms with E-state index in [1.165, 1.54) is 4.88 Å². The van der Waals surface area contributed by atoms with E-state index in [9.17, 15) is 4.79 Å². The third kappa shape index (κ3) is 4.00. The maximum absolute atomic E-state index is 12.7. The number of aromatic nitrogens is 4. The van der Waals surface area contributed by atoms with Crippen molar-refractivity contribution in [1.29, 1.82) is 0 Å². The highest BCUT2D eigenvalue weighted by atomic mass is 32.1. The molecule has 0 amide bonds. The van der Waals surface area contributed by atoms with Gasteiger partial charge in [-0.15, -0.1) is 11.3 Å². The summed E-state index contributed by atoms with van der Waals surface area (Å²) in [7, 11) is 2.16. The summed E-state index contributed by atoms with van der Waals surface area (Å²) < 4.78 is 0. The molecule has 2 aliphatic heterocycles. The zero-order chi connectivity index (χ0) is 20.5. The third-order valence-corrected chi connectivity index (χ3v) is 6.84. The summed E-state index contributed by atoms with van der Waals surface area (Å²) in [6, 6.07) is 3.73. The van der Waals surface area contributed by atoms with E-state index in [1.807, 2.05) is 18.3 Å². The van der Waals surface area contributed by atoms with Crippen molar-refractivity contribution >= 4 is 16.5 Å². The Morgan fingerprint density at radius 2 is 1.93 bits per heavy atom. The van der Waals surface area contributed by atoms with Crippen molar-refractivity contribution in [3.8, 4) is 11.4 Å². The molecule has 1 saturated heterocycles. The predicted molar refractivity (Wildman–Crippen MR) is 118 cm³/mol. The average molecular weight is 424 g/mol. The van der Waals surface area contributed by atoms with Gasteiger partial charge in [0.25, 0.3) is 5.56 Å². The van der Waals surface area contributed by atoms with Gasteiger partial charge in [-0.25, -0.2) is 9.97 Å². The van der Waals surface area contributed by atoms with E-state index >= 15 is 0 Å². The van der Waals surface area contributed by atoms with Gasteiger partial charge in [0, 0.05) is 81.3 Å². The smallest absolute Gasteiger partial charge is 0.255 e. The molecule has 2 aliphatic rings.